The molecule has 6 heteroatoms. The highest BCUT2D eigenvalue weighted by Crippen LogP contribution is 2.37. The Balaban J connectivity index is 1.94. The summed E-state index contributed by atoms with van der Waals surface area (Å²) in [6.07, 6.45) is 0.304. The van der Waals surface area contributed by atoms with Crippen molar-refractivity contribution in [2.45, 2.75) is 38.8 Å². The van der Waals surface area contributed by atoms with Gasteiger partial charge in [0.05, 0.1) is 0 Å². The highest BCUT2D eigenvalue weighted by atomic mass is 19.4. The van der Waals surface area contributed by atoms with E-state index in [1.807, 2.05) is 0 Å². The topological polar surface area (TPSA) is 37.8 Å². The predicted octanol–water partition coefficient (Wildman–Crippen LogP) is 3.49. The van der Waals surface area contributed by atoms with Crippen LogP contribution in [0.4, 0.5) is 19.0 Å². The largest absolute Gasteiger partial charge is 0.435 e. The van der Waals surface area contributed by atoms with Crippen LogP contribution < -0.4 is 5.32 Å². The van der Waals surface area contributed by atoms with E-state index in [4.69, 9.17) is 0 Å². The predicted molar refractivity (Wildman–Crippen MR) is 62.1 cm³/mol. The van der Waals surface area contributed by atoms with Crippen molar-refractivity contribution in [1.29, 1.82) is 0 Å². The molecule has 1 aliphatic rings. The highest BCUT2D eigenvalue weighted by molar-refractivity contribution is 5.33. The fraction of sp³-hybridized carbons (Fsp3) is 0.667. The minimum atomic E-state index is -4.43. The van der Waals surface area contributed by atoms with E-state index in [0.717, 1.165) is 25.5 Å². The van der Waals surface area contributed by atoms with Gasteiger partial charge in [-0.2, -0.15) is 13.2 Å². The summed E-state index contributed by atoms with van der Waals surface area (Å²) in [6.45, 7) is 2.91. The number of anilines is 1. The van der Waals surface area contributed by atoms with Gasteiger partial charge in [-0.05, 0) is 30.4 Å². The summed E-state index contributed by atoms with van der Waals surface area (Å²) in [5.74, 6) is 0.399. The standard InChI is InChI=1S/C12H16F3N3/c1-11(6-2-3-7-11)8-16-10-5-4-9(17-18-10)12(13,14)15/h4-5H,2-3,6-8H2,1H3,(H,16,18). The van der Waals surface area contributed by atoms with Crippen molar-refractivity contribution in [2.75, 3.05) is 11.9 Å². The summed E-state index contributed by atoms with van der Waals surface area (Å²) in [6, 6.07) is 2.28. The van der Waals surface area contributed by atoms with E-state index in [9.17, 15) is 13.2 Å². The van der Waals surface area contributed by atoms with E-state index in [2.05, 4.69) is 22.4 Å². The first kappa shape index (κ1) is 13.1. The van der Waals surface area contributed by atoms with Crippen molar-refractivity contribution >= 4 is 5.82 Å². The van der Waals surface area contributed by atoms with Gasteiger partial charge in [0.2, 0.25) is 0 Å². The molecule has 0 amide bonds. The minimum absolute atomic E-state index is 0.227. The summed E-state index contributed by atoms with van der Waals surface area (Å²) in [5, 5.41) is 9.80. The molecule has 0 aliphatic heterocycles. The zero-order chi connectivity index (χ0) is 13.2. The van der Waals surface area contributed by atoms with Gasteiger partial charge in [0, 0.05) is 6.54 Å². The van der Waals surface area contributed by atoms with Crippen LogP contribution in [0.3, 0.4) is 0 Å². The zero-order valence-corrected chi connectivity index (χ0v) is 10.2. The molecule has 1 N–H and O–H groups in total. The monoisotopic (exact) mass is 259 g/mol. The minimum Gasteiger partial charge on any atom is -0.368 e. The summed E-state index contributed by atoms with van der Waals surface area (Å²) in [5.41, 5.74) is -0.732. The summed E-state index contributed by atoms with van der Waals surface area (Å²) < 4.78 is 36.9. The molecule has 1 aromatic rings. The molecule has 0 radical (unpaired) electrons. The first-order valence-corrected chi connectivity index (χ1v) is 6.04. The molecular formula is C12H16F3N3. The van der Waals surface area contributed by atoms with Crippen LogP contribution in [0.2, 0.25) is 0 Å². The molecule has 3 nitrogen and oxygen atoms in total. The van der Waals surface area contributed by atoms with Crippen LogP contribution in [0, 0.1) is 5.41 Å². The molecule has 0 saturated heterocycles. The Morgan fingerprint density at radius 2 is 1.89 bits per heavy atom. The van der Waals surface area contributed by atoms with Crippen molar-refractivity contribution in [3.8, 4) is 0 Å². The molecule has 1 aromatic heterocycles. The van der Waals surface area contributed by atoms with Crippen LogP contribution in [-0.2, 0) is 6.18 Å². The maximum Gasteiger partial charge on any atom is 0.435 e. The van der Waals surface area contributed by atoms with Crippen LogP contribution in [0.15, 0.2) is 12.1 Å². The molecule has 1 heterocycles. The van der Waals surface area contributed by atoms with Crippen molar-refractivity contribution in [2.24, 2.45) is 5.41 Å². The van der Waals surface area contributed by atoms with Crippen molar-refractivity contribution in [1.82, 2.24) is 10.2 Å². The maximum absolute atomic E-state index is 12.3. The lowest BCUT2D eigenvalue weighted by Crippen LogP contribution is -2.23. The van der Waals surface area contributed by atoms with Gasteiger partial charge in [0.1, 0.15) is 5.82 Å². The van der Waals surface area contributed by atoms with Crippen LogP contribution in [0.1, 0.15) is 38.3 Å². The van der Waals surface area contributed by atoms with Gasteiger partial charge in [-0.3, -0.25) is 0 Å². The zero-order valence-electron chi connectivity index (χ0n) is 10.2. The summed E-state index contributed by atoms with van der Waals surface area (Å²) in [4.78, 5) is 0. The second kappa shape index (κ2) is 4.74. The van der Waals surface area contributed by atoms with Gasteiger partial charge in [-0.1, -0.05) is 19.8 Å². The number of nitrogens with one attached hydrogen (secondary N) is 1. The van der Waals surface area contributed by atoms with E-state index in [1.165, 1.54) is 18.9 Å². The first-order chi connectivity index (χ1) is 8.39. The van der Waals surface area contributed by atoms with Crippen molar-refractivity contribution < 1.29 is 13.2 Å². The molecule has 0 spiro atoms. The van der Waals surface area contributed by atoms with Crippen molar-refractivity contribution in [3.05, 3.63) is 17.8 Å². The normalized spacial score (nSPS) is 18.9. The maximum atomic E-state index is 12.3. The quantitative estimate of drug-likeness (QED) is 0.903. The average Bonchev–Trinajstić information content (AvgIpc) is 2.74. The fourth-order valence-corrected chi connectivity index (χ4v) is 2.29. The van der Waals surface area contributed by atoms with Crippen molar-refractivity contribution in [3.63, 3.8) is 0 Å². The van der Waals surface area contributed by atoms with Gasteiger partial charge in [0.15, 0.2) is 5.69 Å². The van der Waals surface area contributed by atoms with Gasteiger partial charge in [0.25, 0.3) is 0 Å². The molecule has 100 valence electrons. The lowest BCUT2D eigenvalue weighted by molar-refractivity contribution is -0.141. The molecule has 1 fully saturated rings. The third-order valence-electron chi connectivity index (χ3n) is 3.46. The molecule has 1 saturated carbocycles. The van der Waals surface area contributed by atoms with E-state index in [1.54, 1.807) is 0 Å². The lowest BCUT2D eigenvalue weighted by Gasteiger charge is -2.23. The number of hydrogen-bond donors (Lipinski definition) is 1. The Labute approximate surface area is 104 Å². The molecule has 1 aliphatic carbocycles. The molecule has 0 aromatic carbocycles. The Morgan fingerprint density at radius 3 is 2.39 bits per heavy atom. The van der Waals surface area contributed by atoms with Crippen LogP contribution in [0.5, 0.6) is 0 Å². The second-order valence-corrected chi connectivity index (χ2v) is 5.17. The Morgan fingerprint density at radius 1 is 1.22 bits per heavy atom. The van der Waals surface area contributed by atoms with Gasteiger partial charge in [-0.15, -0.1) is 10.2 Å². The third-order valence-corrected chi connectivity index (χ3v) is 3.46. The number of hydrogen-bond acceptors (Lipinski definition) is 3. The molecule has 0 bridgehead atoms. The second-order valence-electron chi connectivity index (χ2n) is 5.17. The van der Waals surface area contributed by atoms with E-state index in [-0.39, 0.29) is 5.41 Å². The van der Waals surface area contributed by atoms with E-state index < -0.39 is 11.9 Å². The number of halogens is 3. The fourth-order valence-electron chi connectivity index (χ4n) is 2.29. The SMILES string of the molecule is CC1(CNc2ccc(C(F)(F)F)nn2)CCCC1. The number of rotatable bonds is 3. The summed E-state index contributed by atoms with van der Waals surface area (Å²) >= 11 is 0. The van der Waals surface area contributed by atoms with Gasteiger partial charge in [-0.25, -0.2) is 0 Å². The Hall–Kier alpha value is -1.33. The van der Waals surface area contributed by atoms with E-state index in [0.29, 0.717) is 5.82 Å². The molecular weight excluding hydrogens is 243 g/mol. The number of aromatic nitrogens is 2. The van der Waals surface area contributed by atoms with Crippen LogP contribution in [0.25, 0.3) is 0 Å². The average molecular weight is 259 g/mol. The first-order valence-electron chi connectivity index (χ1n) is 6.04. The van der Waals surface area contributed by atoms with Gasteiger partial charge >= 0.3 is 6.18 Å². The number of alkyl halides is 3. The molecule has 0 unspecified atom stereocenters. The van der Waals surface area contributed by atoms with Gasteiger partial charge < -0.3 is 5.32 Å². The van der Waals surface area contributed by atoms with Crippen LogP contribution in [-0.4, -0.2) is 16.7 Å². The molecule has 18 heavy (non-hydrogen) atoms. The Bertz CT molecular complexity index is 394. The number of nitrogens with zero attached hydrogens (tertiary/aromatic N) is 2. The smallest absolute Gasteiger partial charge is 0.368 e. The Kier molecular flexibility index (Phi) is 3.45. The molecule has 0 atom stereocenters. The van der Waals surface area contributed by atoms with Crippen LogP contribution >= 0.6 is 0 Å². The third kappa shape index (κ3) is 3.11. The highest BCUT2D eigenvalue weighted by Gasteiger charge is 2.33. The lowest BCUT2D eigenvalue weighted by atomic mass is 9.89. The summed E-state index contributed by atoms with van der Waals surface area (Å²) in [7, 11) is 0. The molecule has 2 rings (SSSR count). The van der Waals surface area contributed by atoms with E-state index >= 15 is 0 Å².